The van der Waals surface area contributed by atoms with Crippen LogP contribution in [0.3, 0.4) is 0 Å². The van der Waals surface area contributed by atoms with E-state index in [1.165, 1.54) is 30.5 Å². The number of anilines is 1. The van der Waals surface area contributed by atoms with Gasteiger partial charge in [-0.1, -0.05) is 43.2 Å². The summed E-state index contributed by atoms with van der Waals surface area (Å²) in [5, 5.41) is 3.59. The number of rotatable bonds is 6. The Morgan fingerprint density at radius 1 is 1.00 bits per heavy atom. The molecule has 30 heavy (non-hydrogen) atoms. The summed E-state index contributed by atoms with van der Waals surface area (Å²) < 4.78 is 40.1. The van der Waals surface area contributed by atoms with Crippen LogP contribution in [0.5, 0.6) is 0 Å². The Hall–Kier alpha value is -2.01. The Morgan fingerprint density at radius 3 is 2.47 bits per heavy atom. The second kappa shape index (κ2) is 8.62. The average molecular weight is 417 g/mol. The molecule has 2 aromatic rings. The highest BCUT2D eigenvalue weighted by atomic mass is 19.4. The van der Waals surface area contributed by atoms with E-state index < -0.39 is 11.7 Å². The van der Waals surface area contributed by atoms with Gasteiger partial charge in [-0.3, -0.25) is 0 Å². The number of unbranched alkanes of at least 4 members (excludes halogenated alkanes) is 1. The van der Waals surface area contributed by atoms with E-state index in [0.717, 1.165) is 37.1 Å². The Balaban J connectivity index is 1.59. The zero-order chi connectivity index (χ0) is 21.3. The number of nitrogens with one attached hydrogen (secondary N) is 1. The first-order chi connectivity index (χ1) is 14.3. The molecule has 0 saturated heterocycles. The number of hydrogen-bond acceptors (Lipinski definition) is 2. The van der Waals surface area contributed by atoms with Gasteiger partial charge in [0.2, 0.25) is 0 Å². The van der Waals surface area contributed by atoms with Crippen molar-refractivity contribution in [3.63, 3.8) is 0 Å². The lowest BCUT2D eigenvalue weighted by Crippen LogP contribution is -2.29. The van der Waals surface area contributed by atoms with Crippen LogP contribution in [0.2, 0.25) is 0 Å². The molecule has 0 amide bonds. The maximum Gasteiger partial charge on any atom is 0.416 e. The Morgan fingerprint density at radius 2 is 1.77 bits per heavy atom. The van der Waals surface area contributed by atoms with Gasteiger partial charge >= 0.3 is 6.18 Å². The van der Waals surface area contributed by atoms with Crippen LogP contribution in [-0.4, -0.2) is 25.5 Å². The quantitative estimate of drug-likeness (QED) is 0.526. The van der Waals surface area contributed by atoms with E-state index in [1.807, 2.05) is 18.2 Å². The predicted octanol–water partition coefficient (Wildman–Crippen LogP) is 6.71. The summed E-state index contributed by atoms with van der Waals surface area (Å²) in [4.78, 5) is 2.21. The zero-order valence-corrected chi connectivity index (χ0v) is 17.8. The van der Waals surface area contributed by atoms with Gasteiger partial charge in [0, 0.05) is 5.69 Å². The van der Waals surface area contributed by atoms with E-state index in [-0.39, 0.29) is 12.0 Å². The standard InChI is InChI=1S/C25H31F3N2/c1-30(2)13-7-6-8-17-14-20-21-16-19(25(26,27)28)11-12-23(21)29-24(22(20)15-17)18-9-4-3-5-10-18/h3-5,9-12,16-17,20,22,24,29H,6-8,13-15H2,1-2H3/t17-,20?,22-,24-/m1/s1. The second-order valence-electron chi connectivity index (χ2n) is 9.24. The van der Waals surface area contributed by atoms with E-state index in [1.54, 1.807) is 6.07 Å². The molecule has 0 bridgehead atoms. The summed E-state index contributed by atoms with van der Waals surface area (Å²) in [5.41, 5.74) is 2.42. The van der Waals surface area contributed by atoms with Crippen molar-refractivity contribution in [2.24, 2.45) is 11.8 Å². The highest BCUT2D eigenvalue weighted by Crippen LogP contribution is 2.56. The van der Waals surface area contributed by atoms with Crippen molar-refractivity contribution in [3.05, 3.63) is 65.2 Å². The number of alkyl halides is 3. The number of hydrogen-bond donors (Lipinski definition) is 1. The van der Waals surface area contributed by atoms with Gasteiger partial charge in [-0.25, -0.2) is 0 Å². The summed E-state index contributed by atoms with van der Waals surface area (Å²) >= 11 is 0. The van der Waals surface area contributed by atoms with Gasteiger partial charge in [0.15, 0.2) is 0 Å². The highest BCUT2D eigenvalue weighted by molar-refractivity contribution is 5.59. The molecule has 1 unspecified atom stereocenters. The van der Waals surface area contributed by atoms with E-state index >= 15 is 0 Å². The van der Waals surface area contributed by atoms with Gasteiger partial charge in [0.25, 0.3) is 0 Å². The number of fused-ring (bicyclic) bond motifs is 3. The molecule has 0 radical (unpaired) electrons. The van der Waals surface area contributed by atoms with E-state index in [9.17, 15) is 13.2 Å². The molecule has 1 aliphatic carbocycles. The first kappa shape index (κ1) is 21.2. The molecular weight excluding hydrogens is 385 g/mol. The van der Waals surface area contributed by atoms with Crippen LogP contribution in [0.15, 0.2) is 48.5 Å². The fourth-order valence-electron chi connectivity index (χ4n) is 5.44. The molecule has 2 aliphatic rings. The minimum atomic E-state index is -4.30. The number of benzene rings is 2. The van der Waals surface area contributed by atoms with Crippen molar-refractivity contribution in [1.82, 2.24) is 4.90 Å². The molecule has 0 spiro atoms. The molecule has 4 atom stereocenters. The van der Waals surface area contributed by atoms with Gasteiger partial charge in [-0.05, 0) is 87.0 Å². The molecule has 1 heterocycles. The van der Waals surface area contributed by atoms with Gasteiger partial charge in [-0.2, -0.15) is 13.2 Å². The van der Waals surface area contributed by atoms with Crippen molar-refractivity contribution in [1.29, 1.82) is 0 Å². The summed E-state index contributed by atoms with van der Waals surface area (Å²) in [6, 6.07) is 14.8. The van der Waals surface area contributed by atoms with Crippen molar-refractivity contribution < 1.29 is 13.2 Å². The topological polar surface area (TPSA) is 15.3 Å². The van der Waals surface area contributed by atoms with Crippen LogP contribution in [0, 0.1) is 11.8 Å². The molecule has 2 aromatic carbocycles. The molecule has 1 N–H and O–H groups in total. The fourth-order valence-corrected chi connectivity index (χ4v) is 5.44. The van der Waals surface area contributed by atoms with Crippen LogP contribution >= 0.6 is 0 Å². The van der Waals surface area contributed by atoms with Gasteiger partial charge in [0.05, 0.1) is 11.6 Å². The predicted molar refractivity (Wildman–Crippen MR) is 116 cm³/mol. The van der Waals surface area contributed by atoms with Crippen LogP contribution in [0.1, 0.15) is 60.8 Å². The fraction of sp³-hybridized carbons (Fsp3) is 0.520. The van der Waals surface area contributed by atoms with Gasteiger partial charge in [0.1, 0.15) is 0 Å². The lowest BCUT2D eigenvalue weighted by Gasteiger charge is -2.38. The Bertz CT molecular complexity index is 847. The van der Waals surface area contributed by atoms with E-state index in [4.69, 9.17) is 0 Å². The lowest BCUT2D eigenvalue weighted by molar-refractivity contribution is -0.137. The van der Waals surface area contributed by atoms with Gasteiger partial charge in [-0.15, -0.1) is 0 Å². The summed E-state index contributed by atoms with van der Waals surface area (Å²) in [6.45, 7) is 1.09. The molecule has 0 aromatic heterocycles. The summed E-state index contributed by atoms with van der Waals surface area (Å²) in [5.74, 6) is 1.10. The third kappa shape index (κ3) is 4.51. The summed E-state index contributed by atoms with van der Waals surface area (Å²) in [7, 11) is 4.19. The molecule has 2 nitrogen and oxygen atoms in total. The van der Waals surface area contributed by atoms with Crippen LogP contribution < -0.4 is 5.32 Å². The monoisotopic (exact) mass is 416 g/mol. The lowest BCUT2D eigenvalue weighted by atomic mass is 9.77. The number of halogens is 3. The molecule has 1 saturated carbocycles. The minimum absolute atomic E-state index is 0.159. The first-order valence-corrected chi connectivity index (χ1v) is 11.0. The maximum absolute atomic E-state index is 13.4. The summed E-state index contributed by atoms with van der Waals surface area (Å²) in [6.07, 6.45) is 1.29. The Kier molecular flexibility index (Phi) is 6.10. The van der Waals surface area contributed by atoms with Crippen molar-refractivity contribution in [2.75, 3.05) is 26.0 Å². The van der Waals surface area contributed by atoms with Crippen molar-refractivity contribution in [3.8, 4) is 0 Å². The van der Waals surface area contributed by atoms with Crippen LogP contribution in [-0.2, 0) is 6.18 Å². The maximum atomic E-state index is 13.4. The van der Waals surface area contributed by atoms with Gasteiger partial charge < -0.3 is 10.2 Å². The zero-order valence-electron chi connectivity index (χ0n) is 17.8. The molecular formula is C25H31F3N2. The van der Waals surface area contributed by atoms with E-state index in [0.29, 0.717) is 11.8 Å². The molecule has 4 rings (SSSR count). The van der Waals surface area contributed by atoms with Crippen LogP contribution in [0.25, 0.3) is 0 Å². The third-order valence-electron chi connectivity index (χ3n) is 6.85. The molecule has 5 heteroatoms. The van der Waals surface area contributed by atoms with E-state index in [2.05, 4.69) is 36.4 Å². The van der Waals surface area contributed by atoms with Crippen LogP contribution in [0.4, 0.5) is 18.9 Å². The SMILES string of the molecule is CN(C)CCCC[C@@H]1CC2c3cc(C(F)(F)F)ccc3N[C@H](c3ccccc3)[C@@H]2C1. The van der Waals surface area contributed by atoms with Crippen molar-refractivity contribution >= 4 is 5.69 Å². The molecule has 1 fully saturated rings. The average Bonchev–Trinajstić information content (AvgIpc) is 3.14. The second-order valence-corrected chi connectivity index (χ2v) is 9.24. The third-order valence-corrected chi connectivity index (χ3v) is 6.85. The molecule has 162 valence electrons. The molecule has 1 aliphatic heterocycles. The number of nitrogens with zero attached hydrogens (tertiary/aromatic N) is 1. The Labute approximate surface area is 177 Å². The normalized spacial score (nSPS) is 25.7. The minimum Gasteiger partial charge on any atom is -0.378 e. The van der Waals surface area contributed by atoms with Crippen molar-refractivity contribution in [2.45, 2.75) is 50.2 Å². The smallest absolute Gasteiger partial charge is 0.378 e. The highest BCUT2D eigenvalue weighted by Gasteiger charge is 2.44. The largest absolute Gasteiger partial charge is 0.416 e. The first-order valence-electron chi connectivity index (χ1n) is 11.0.